The molecule has 7 heteroatoms. The van der Waals surface area contributed by atoms with Crippen LogP contribution < -0.4 is 5.73 Å². The van der Waals surface area contributed by atoms with Crippen molar-refractivity contribution in [2.45, 2.75) is 45.1 Å². The highest BCUT2D eigenvalue weighted by atomic mass is 35.5. The van der Waals surface area contributed by atoms with Crippen LogP contribution in [0.4, 0.5) is 0 Å². The second-order valence-electron chi connectivity index (χ2n) is 7.92. The molecule has 1 unspecified atom stereocenters. The Hall–Kier alpha value is -1.92. The smallest absolute Gasteiger partial charge is 0.253 e. The van der Waals surface area contributed by atoms with Gasteiger partial charge in [-0.3, -0.25) is 4.79 Å². The third-order valence-electron chi connectivity index (χ3n) is 5.34. The van der Waals surface area contributed by atoms with Crippen molar-refractivity contribution in [1.29, 1.82) is 0 Å². The van der Waals surface area contributed by atoms with Crippen molar-refractivity contribution in [3.05, 3.63) is 35.7 Å². The van der Waals surface area contributed by atoms with E-state index in [-0.39, 0.29) is 29.8 Å². The summed E-state index contributed by atoms with van der Waals surface area (Å²) in [5.41, 5.74) is 7.58. The molecule has 2 fully saturated rings. The average Bonchev–Trinajstić information content (AvgIpc) is 3.34. The topological polar surface area (TPSA) is 85.2 Å². The minimum absolute atomic E-state index is 0. The summed E-state index contributed by atoms with van der Waals surface area (Å²) in [5.74, 6) is 1.72. The Balaban J connectivity index is 0.00000196. The van der Waals surface area contributed by atoms with Crippen molar-refractivity contribution in [3.8, 4) is 11.4 Å². The number of likely N-dealkylation sites (tertiary alicyclic amines) is 1. The standard InChI is InChI=1S/C19H24N4O2.ClH/c1-19(2)11-23(9-8-15(19)20)18(24)14-5-3-4-13(10-14)16-21-17(25-22-16)12-6-7-12;/h3-5,10,12,15H,6-9,11,20H2,1-2H3;1H. The minimum Gasteiger partial charge on any atom is -0.339 e. The SMILES string of the molecule is CC1(C)CN(C(=O)c2cccc(-c3noc(C4CC4)n3)c2)CCC1N.Cl. The molecule has 0 bridgehead atoms. The maximum atomic E-state index is 12.9. The van der Waals surface area contributed by atoms with Crippen LogP contribution in [0.1, 0.15) is 55.3 Å². The van der Waals surface area contributed by atoms with Crippen LogP contribution in [-0.2, 0) is 0 Å². The van der Waals surface area contributed by atoms with Crippen molar-refractivity contribution in [3.63, 3.8) is 0 Å². The van der Waals surface area contributed by atoms with Gasteiger partial charge < -0.3 is 15.2 Å². The van der Waals surface area contributed by atoms with Crippen LogP contribution >= 0.6 is 12.4 Å². The molecule has 0 spiro atoms. The Morgan fingerprint density at radius 2 is 2.08 bits per heavy atom. The first-order chi connectivity index (χ1) is 11.9. The van der Waals surface area contributed by atoms with E-state index in [2.05, 4.69) is 24.0 Å². The summed E-state index contributed by atoms with van der Waals surface area (Å²) in [6, 6.07) is 7.61. The van der Waals surface area contributed by atoms with Crippen molar-refractivity contribution >= 4 is 18.3 Å². The molecule has 0 radical (unpaired) electrons. The number of benzene rings is 1. The number of hydrogen-bond donors (Lipinski definition) is 1. The Morgan fingerprint density at radius 1 is 1.31 bits per heavy atom. The van der Waals surface area contributed by atoms with E-state index in [0.717, 1.165) is 24.8 Å². The first-order valence-electron chi connectivity index (χ1n) is 8.93. The third kappa shape index (κ3) is 3.62. The number of nitrogens with two attached hydrogens (primary N) is 1. The zero-order valence-corrected chi connectivity index (χ0v) is 16.0. The quantitative estimate of drug-likeness (QED) is 0.888. The first kappa shape index (κ1) is 18.9. The lowest BCUT2D eigenvalue weighted by atomic mass is 9.79. The lowest BCUT2D eigenvalue weighted by Gasteiger charge is -2.42. The van der Waals surface area contributed by atoms with Gasteiger partial charge in [0.25, 0.3) is 5.91 Å². The van der Waals surface area contributed by atoms with E-state index in [1.807, 2.05) is 29.2 Å². The zero-order chi connectivity index (χ0) is 17.6. The highest BCUT2D eigenvalue weighted by Gasteiger charge is 2.35. The molecule has 1 aromatic heterocycles. The number of rotatable bonds is 3. The molecule has 2 heterocycles. The molecule has 140 valence electrons. The number of carbonyl (C=O) groups is 1. The largest absolute Gasteiger partial charge is 0.339 e. The molecular formula is C19H25ClN4O2. The molecule has 6 nitrogen and oxygen atoms in total. The summed E-state index contributed by atoms with van der Waals surface area (Å²) < 4.78 is 5.33. The number of aromatic nitrogens is 2. The van der Waals surface area contributed by atoms with Gasteiger partial charge in [-0.1, -0.05) is 31.1 Å². The third-order valence-corrected chi connectivity index (χ3v) is 5.34. The van der Waals surface area contributed by atoms with Gasteiger partial charge in [0.05, 0.1) is 0 Å². The fourth-order valence-electron chi connectivity index (χ4n) is 3.37. The second-order valence-corrected chi connectivity index (χ2v) is 7.92. The molecule has 1 aliphatic carbocycles. The van der Waals surface area contributed by atoms with Gasteiger partial charge in [0, 0.05) is 36.2 Å². The van der Waals surface area contributed by atoms with Crippen LogP contribution in [0.3, 0.4) is 0 Å². The van der Waals surface area contributed by atoms with E-state index in [9.17, 15) is 4.79 Å². The number of halogens is 1. The molecule has 1 aliphatic heterocycles. The van der Waals surface area contributed by atoms with Crippen LogP contribution in [0.15, 0.2) is 28.8 Å². The molecule has 1 atom stereocenters. The number of nitrogens with zero attached hydrogens (tertiary/aromatic N) is 3. The van der Waals surface area contributed by atoms with E-state index in [1.54, 1.807) is 0 Å². The Labute approximate surface area is 159 Å². The average molecular weight is 377 g/mol. The predicted octanol–water partition coefficient (Wildman–Crippen LogP) is 3.24. The molecular weight excluding hydrogens is 352 g/mol. The summed E-state index contributed by atoms with van der Waals surface area (Å²) in [6.45, 7) is 5.60. The lowest BCUT2D eigenvalue weighted by molar-refractivity contribution is 0.0533. The van der Waals surface area contributed by atoms with E-state index >= 15 is 0 Å². The zero-order valence-electron chi connectivity index (χ0n) is 15.1. The molecule has 2 N–H and O–H groups in total. The molecule has 26 heavy (non-hydrogen) atoms. The van der Waals surface area contributed by atoms with Crippen LogP contribution in [0, 0.1) is 5.41 Å². The molecule has 1 amide bonds. The van der Waals surface area contributed by atoms with Crippen molar-refractivity contribution in [2.24, 2.45) is 11.1 Å². The van der Waals surface area contributed by atoms with Crippen LogP contribution in [0.5, 0.6) is 0 Å². The van der Waals surface area contributed by atoms with Gasteiger partial charge in [-0.05, 0) is 36.8 Å². The molecule has 1 aromatic carbocycles. The summed E-state index contributed by atoms with van der Waals surface area (Å²) in [4.78, 5) is 19.3. The van der Waals surface area contributed by atoms with Gasteiger partial charge in [-0.25, -0.2) is 0 Å². The lowest BCUT2D eigenvalue weighted by Crippen LogP contribution is -2.54. The predicted molar refractivity (Wildman–Crippen MR) is 101 cm³/mol. The van der Waals surface area contributed by atoms with E-state index in [0.29, 0.717) is 36.3 Å². The van der Waals surface area contributed by atoms with Gasteiger partial charge >= 0.3 is 0 Å². The van der Waals surface area contributed by atoms with Gasteiger partial charge in [-0.2, -0.15) is 4.98 Å². The van der Waals surface area contributed by atoms with E-state index in [4.69, 9.17) is 10.3 Å². The number of piperidine rings is 1. The summed E-state index contributed by atoms with van der Waals surface area (Å²) in [7, 11) is 0. The van der Waals surface area contributed by atoms with Gasteiger partial charge in [0.2, 0.25) is 11.7 Å². The van der Waals surface area contributed by atoms with Crippen LogP contribution in [0.2, 0.25) is 0 Å². The molecule has 2 aromatic rings. The summed E-state index contributed by atoms with van der Waals surface area (Å²) in [6.07, 6.45) is 3.06. The fraction of sp³-hybridized carbons (Fsp3) is 0.526. The van der Waals surface area contributed by atoms with Gasteiger partial charge in [0.1, 0.15) is 0 Å². The maximum absolute atomic E-state index is 12.9. The number of hydrogen-bond acceptors (Lipinski definition) is 5. The first-order valence-corrected chi connectivity index (χ1v) is 8.93. The Kier molecular flexibility index (Phi) is 5.08. The van der Waals surface area contributed by atoms with Crippen LogP contribution in [0.25, 0.3) is 11.4 Å². The maximum Gasteiger partial charge on any atom is 0.253 e. The fourth-order valence-corrected chi connectivity index (χ4v) is 3.37. The number of carbonyl (C=O) groups excluding carboxylic acids is 1. The van der Waals surface area contributed by atoms with Crippen molar-refractivity contribution in [1.82, 2.24) is 15.0 Å². The summed E-state index contributed by atoms with van der Waals surface area (Å²) >= 11 is 0. The van der Waals surface area contributed by atoms with Gasteiger partial charge in [-0.15, -0.1) is 12.4 Å². The normalized spacial score (nSPS) is 22.0. The Morgan fingerprint density at radius 3 is 2.77 bits per heavy atom. The molecule has 2 aliphatic rings. The minimum atomic E-state index is -0.0711. The van der Waals surface area contributed by atoms with Gasteiger partial charge in [0.15, 0.2) is 0 Å². The van der Waals surface area contributed by atoms with Crippen LogP contribution in [-0.4, -0.2) is 40.1 Å². The highest BCUT2D eigenvalue weighted by molar-refractivity contribution is 5.95. The summed E-state index contributed by atoms with van der Waals surface area (Å²) in [5, 5.41) is 4.07. The van der Waals surface area contributed by atoms with Crippen molar-refractivity contribution < 1.29 is 9.32 Å². The highest BCUT2D eigenvalue weighted by Crippen LogP contribution is 2.39. The Bertz CT molecular complexity index is 800. The monoisotopic (exact) mass is 376 g/mol. The molecule has 1 saturated heterocycles. The van der Waals surface area contributed by atoms with Crippen molar-refractivity contribution in [2.75, 3.05) is 13.1 Å². The van der Waals surface area contributed by atoms with E-state index in [1.165, 1.54) is 0 Å². The van der Waals surface area contributed by atoms with E-state index < -0.39 is 0 Å². The molecule has 1 saturated carbocycles. The second kappa shape index (κ2) is 7.00. The molecule has 4 rings (SSSR count). The number of amides is 1.